The first-order valence-corrected chi connectivity index (χ1v) is 7.28. The van der Waals surface area contributed by atoms with Crippen LogP contribution in [0.2, 0.25) is 0 Å². The molecule has 18 heavy (non-hydrogen) atoms. The molecule has 0 saturated carbocycles. The van der Waals surface area contributed by atoms with Crippen molar-refractivity contribution >= 4 is 11.3 Å². The third kappa shape index (κ3) is 2.08. The van der Waals surface area contributed by atoms with Gasteiger partial charge in [0, 0.05) is 27.6 Å². The number of aliphatic hydroxyl groups is 1. The predicted octanol–water partition coefficient (Wildman–Crippen LogP) is 3.47. The van der Waals surface area contributed by atoms with Crippen LogP contribution in [0.4, 0.5) is 0 Å². The summed E-state index contributed by atoms with van der Waals surface area (Å²) < 4.78 is 0. The van der Waals surface area contributed by atoms with Gasteiger partial charge in [0.05, 0.1) is 6.10 Å². The number of nitrogens with zero attached hydrogens (tertiary/aromatic N) is 1. The lowest BCUT2D eigenvalue weighted by Gasteiger charge is -2.17. The van der Waals surface area contributed by atoms with E-state index < -0.39 is 6.10 Å². The Hall–Kier alpha value is -1.19. The Morgan fingerprint density at radius 3 is 2.94 bits per heavy atom. The van der Waals surface area contributed by atoms with E-state index in [-0.39, 0.29) is 5.92 Å². The smallest absolute Gasteiger partial charge is 0.0962 e. The predicted molar refractivity (Wildman–Crippen MR) is 74.0 cm³/mol. The largest absolute Gasteiger partial charge is 0.387 e. The molecule has 2 heterocycles. The molecule has 0 saturated heterocycles. The van der Waals surface area contributed by atoms with E-state index in [1.807, 2.05) is 25.1 Å². The molecule has 0 spiro atoms. The van der Waals surface area contributed by atoms with E-state index in [1.54, 1.807) is 17.5 Å². The van der Waals surface area contributed by atoms with Crippen molar-refractivity contribution in [3.05, 3.63) is 51.5 Å². The van der Waals surface area contributed by atoms with Gasteiger partial charge in [0.15, 0.2) is 0 Å². The minimum atomic E-state index is -0.435. The standard InChI is InChI=1S/C15H17NOS/c1-10(12-6-2-3-8-16-12)15(17)14-9-11-5-4-7-13(11)18-14/h2-3,6,8-10,15,17H,4-5,7H2,1H3. The van der Waals surface area contributed by atoms with Gasteiger partial charge in [-0.15, -0.1) is 11.3 Å². The van der Waals surface area contributed by atoms with Gasteiger partial charge in [-0.3, -0.25) is 4.98 Å². The maximum absolute atomic E-state index is 10.5. The van der Waals surface area contributed by atoms with Crippen LogP contribution >= 0.6 is 11.3 Å². The highest BCUT2D eigenvalue weighted by atomic mass is 32.1. The first-order chi connectivity index (χ1) is 8.75. The number of hydrogen-bond acceptors (Lipinski definition) is 3. The van der Waals surface area contributed by atoms with E-state index in [9.17, 15) is 5.11 Å². The maximum Gasteiger partial charge on any atom is 0.0962 e. The first-order valence-electron chi connectivity index (χ1n) is 6.46. The molecule has 0 radical (unpaired) electrons. The van der Waals surface area contributed by atoms with Crippen molar-refractivity contribution in [1.82, 2.24) is 4.98 Å². The third-order valence-electron chi connectivity index (χ3n) is 3.69. The first kappa shape index (κ1) is 11.9. The maximum atomic E-state index is 10.5. The Morgan fingerprint density at radius 1 is 1.33 bits per heavy atom. The average molecular weight is 259 g/mol. The van der Waals surface area contributed by atoms with Crippen molar-refractivity contribution < 1.29 is 5.11 Å². The summed E-state index contributed by atoms with van der Waals surface area (Å²) in [6.45, 7) is 2.04. The number of fused-ring (bicyclic) bond motifs is 1. The van der Waals surface area contributed by atoms with Crippen LogP contribution in [0, 0.1) is 0 Å². The molecule has 1 N–H and O–H groups in total. The Bertz CT molecular complexity index is 513. The fourth-order valence-corrected chi connectivity index (χ4v) is 3.90. The summed E-state index contributed by atoms with van der Waals surface area (Å²) in [6, 6.07) is 8.05. The van der Waals surface area contributed by atoms with E-state index in [1.165, 1.54) is 29.7 Å². The lowest BCUT2D eigenvalue weighted by atomic mass is 9.98. The summed E-state index contributed by atoms with van der Waals surface area (Å²) in [7, 11) is 0. The van der Waals surface area contributed by atoms with Gasteiger partial charge < -0.3 is 5.11 Å². The van der Waals surface area contributed by atoms with Gasteiger partial charge in [-0.2, -0.15) is 0 Å². The van der Waals surface area contributed by atoms with E-state index in [2.05, 4.69) is 11.1 Å². The van der Waals surface area contributed by atoms with Gasteiger partial charge in [0.25, 0.3) is 0 Å². The molecule has 0 aliphatic heterocycles. The van der Waals surface area contributed by atoms with E-state index >= 15 is 0 Å². The number of aromatic nitrogens is 1. The molecule has 2 unspecified atom stereocenters. The number of thiophene rings is 1. The van der Waals surface area contributed by atoms with Gasteiger partial charge >= 0.3 is 0 Å². The summed E-state index contributed by atoms with van der Waals surface area (Å²) in [6.07, 6.45) is 4.98. The van der Waals surface area contributed by atoms with E-state index in [0.717, 1.165) is 10.6 Å². The summed E-state index contributed by atoms with van der Waals surface area (Å²) in [5.41, 5.74) is 2.40. The van der Waals surface area contributed by atoms with Crippen molar-refractivity contribution in [2.45, 2.75) is 38.2 Å². The molecule has 2 aromatic heterocycles. The second kappa shape index (κ2) is 4.82. The SMILES string of the molecule is CC(c1ccccn1)C(O)c1cc2c(s1)CCC2. The van der Waals surface area contributed by atoms with Crippen LogP contribution in [0.15, 0.2) is 30.5 Å². The highest BCUT2D eigenvalue weighted by Crippen LogP contribution is 2.38. The van der Waals surface area contributed by atoms with Gasteiger partial charge in [-0.05, 0) is 43.0 Å². The minimum absolute atomic E-state index is 0.0463. The van der Waals surface area contributed by atoms with Crippen LogP contribution in [0.3, 0.4) is 0 Å². The molecular formula is C15H17NOS. The molecule has 3 heteroatoms. The second-order valence-electron chi connectivity index (χ2n) is 4.94. The second-order valence-corrected chi connectivity index (χ2v) is 6.11. The molecule has 2 nitrogen and oxygen atoms in total. The average Bonchev–Trinajstić information content (AvgIpc) is 2.99. The monoisotopic (exact) mass is 259 g/mol. The van der Waals surface area contributed by atoms with Crippen LogP contribution in [0.5, 0.6) is 0 Å². The van der Waals surface area contributed by atoms with Crippen molar-refractivity contribution in [2.75, 3.05) is 0 Å². The molecule has 1 aliphatic carbocycles. The van der Waals surface area contributed by atoms with Crippen molar-refractivity contribution in [3.63, 3.8) is 0 Å². The Labute approximate surface area is 111 Å². The number of rotatable bonds is 3. The number of hydrogen-bond donors (Lipinski definition) is 1. The van der Waals surface area contributed by atoms with Crippen molar-refractivity contribution in [2.24, 2.45) is 0 Å². The van der Waals surface area contributed by atoms with Crippen LogP contribution in [-0.4, -0.2) is 10.1 Å². The Kier molecular flexibility index (Phi) is 3.18. The number of pyridine rings is 1. The highest BCUT2D eigenvalue weighted by molar-refractivity contribution is 7.12. The van der Waals surface area contributed by atoms with Crippen molar-refractivity contribution in [1.29, 1.82) is 0 Å². The summed E-state index contributed by atoms with van der Waals surface area (Å²) in [4.78, 5) is 6.90. The zero-order valence-corrected chi connectivity index (χ0v) is 11.3. The van der Waals surface area contributed by atoms with E-state index in [4.69, 9.17) is 0 Å². The summed E-state index contributed by atoms with van der Waals surface area (Å²) in [5.74, 6) is 0.0463. The summed E-state index contributed by atoms with van der Waals surface area (Å²) >= 11 is 1.78. The molecule has 2 aromatic rings. The van der Waals surface area contributed by atoms with Crippen LogP contribution in [0.25, 0.3) is 0 Å². The Balaban J connectivity index is 1.83. The molecule has 1 aliphatic rings. The van der Waals surface area contributed by atoms with Crippen LogP contribution in [0.1, 0.15) is 46.4 Å². The zero-order valence-electron chi connectivity index (χ0n) is 10.5. The van der Waals surface area contributed by atoms with Gasteiger partial charge in [-0.25, -0.2) is 0 Å². The zero-order chi connectivity index (χ0) is 12.5. The lowest BCUT2D eigenvalue weighted by Crippen LogP contribution is -2.07. The molecule has 0 aromatic carbocycles. The molecule has 0 bridgehead atoms. The minimum Gasteiger partial charge on any atom is -0.387 e. The fraction of sp³-hybridized carbons (Fsp3) is 0.400. The Morgan fingerprint density at radius 2 is 2.22 bits per heavy atom. The van der Waals surface area contributed by atoms with Crippen LogP contribution < -0.4 is 0 Å². The van der Waals surface area contributed by atoms with Crippen molar-refractivity contribution in [3.8, 4) is 0 Å². The number of aryl methyl sites for hydroxylation is 2. The summed E-state index contributed by atoms with van der Waals surface area (Å²) in [5, 5.41) is 10.5. The molecule has 3 rings (SSSR count). The molecule has 0 fully saturated rings. The molecule has 2 atom stereocenters. The molecule has 0 amide bonds. The lowest BCUT2D eigenvalue weighted by molar-refractivity contribution is 0.153. The molecule has 94 valence electrons. The van der Waals surface area contributed by atoms with Crippen LogP contribution in [-0.2, 0) is 12.8 Å². The number of aliphatic hydroxyl groups excluding tert-OH is 1. The quantitative estimate of drug-likeness (QED) is 0.915. The topological polar surface area (TPSA) is 33.1 Å². The third-order valence-corrected chi connectivity index (χ3v) is 4.99. The van der Waals surface area contributed by atoms with Gasteiger partial charge in [0.1, 0.15) is 0 Å². The normalized spacial score (nSPS) is 17.4. The van der Waals surface area contributed by atoms with Gasteiger partial charge in [0.2, 0.25) is 0 Å². The van der Waals surface area contributed by atoms with Gasteiger partial charge in [-0.1, -0.05) is 13.0 Å². The molecular weight excluding hydrogens is 242 g/mol. The highest BCUT2D eigenvalue weighted by Gasteiger charge is 2.24. The van der Waals surface area contributed by atoms with E-state index in [0.29, 0.717) is 0 Å². The fourth-order valence-electron chi connectivity index (χ4n) is 2.55.